The molecule has 0 spiro atoms. The van der Waals surface area contributed by atoms with Crippen LogP contribution in [0.2, 0.25) is 0 Å². The van der Waals surface area contributed by atoms with Crippen molar-refractivity contribution in [2.45, 2.75) is 18.0 Å². The minimum absolute atomic E-state index is 0.0340. The number of nitrogens with zero attached hydrogens (tertiary/aromatic N) is 3. The maximum atomic E-state index is 11.1. The molecule has 7 nitrogen and oxygen atoms in total. The zero-order chi connectivity index (χ0) is 15.1. The van der Waals surface area contributed by atoms with Crippen LogP contribution in [0.3, 0.4) is 0 Å². The topological polar surface area (TPSA) is 108 Å². The number of benzene rings is 1. The van der Waals surface area contributed by atoms with Crippen molar-refractivity contribution in [1.29, 1.82) is 0 Å². The van der Waals surface area contributed by atoms with Crippen LogP contribution in [0.1, 0.15) is 17.3 Å². The molecule has 1 aromatic rings. The standard InChI is InChI=1S/C10H10Cl2N4O3S/c1-5-4-6(20(17,18)19)2-3-7(5)8-14-9(11)15-10(12)16(8)13/h2-4,8H,13H2,1H3,(H,17,18,19). The lowest BCUT2D eigenvalue weighted by Crippen LogP contribution is -2.40. The van der Waals surface area contributed by atoms with Gasteiger partial charge in [0.25, 0.3) is 10.1 Å². The predicted molar refractivity (Wildman–Crippen MR) is 76.3 cm³/mol. The summed E-state index contributed by atoms with van der Waals surface area (Å²) in [6.07, 6.45) is -0.719. The van der Waals surface area contributed by atoms with Gasteiger partial charge in [-0.25, -0.2) is 10.8 Å². The number of nitrogens with two attached hydrogens (primary N) is 1. The second-order valence-electron chi connectivity index (χ2n) is 4.05. The van der Waals surface area contributed by atoms with Gasteiger partial charge in [-0.05, 0) is 47.8 Å². The Labute approximate surface area is 125 Å². The number of aryl methyl sites for hydroxylation is 1. The second kappa shape index (κ2) is 5.30. The van der Waals surface area contributed by atoms with Gasteiger partial charge in [-0.2, -0.15) is 13.4 Å². The van der Waals surface area contributed by atoms with Crippen LogP contribution in [-0.4, -0.2) is 28.6 Å². The zero-order valence-corrected chi connectivity index (χ0v) is 12.5. The van der Waals surface area contributed by atoms with Gasteiger partial charge in [0, 0.05) is 5.56 Å². The first kappa shape index (κ1) is 15.2. The molecule has 2 rings (SSSR count). The van der Waals surface area contributed by atoms with E-state index < -0.39 is 16.3 Å². The lowest BCUT2D eigenvalue weighted by molar-refractivity contribution is 0.338. The summed E-state index contributed by atoms with van der Waals surface area (Å²) in [7, 11) is -4.26. The molecule has 0 amide bonds. The first-order valence-corrected chi connectivity index (χ1v) is 7.49. The number of amidine groups is 2. The fourth-order valence-electron chi connectivity index (χ4n) is 1.74. The molecule has 10 heteroatoms. The zero-order valence-electron chi connectivity index (χ0n) is 10.2. The summed E-state index contributed by atoms with van der Waals surface area (Å²) in [4.78, 5) is 7.51. The number of hydrogen-bond acceptors (Lipinski definition) is 6. The van der Waals surface area contributed by atoms with E-state index in [0.29, 0.717) is 11.1 Å². The second-order valence-corrected chi connectivity index (χ2v) is 6.15. The van der Waals surface area contributed by atoms with Crippen molar-refractivity contribution in [3.05, 3.63) is 29.3 Å². The van der Waals surface area contributed by atoms with E-state index in [9.17, 15) is 8.42 Å². The predicted octanol–water partition coefficient (Wildman–Crippen LogP) is 1.62. The molecule has 0 radical (unpaired) electrons. The van der Waals surface area contributed by atoms with Crippen LogP contribution in [0.15, 0.2) is 33.1 Å². The Morgan fingerprint density at radius 3 is 2.60 bits per heavy atom. The quantitative estimate of drug-likeness (QED) is 0.484. The minimum atomic E-state index is -4.26. The van der Waals surface area contributed by atoms with Crippen LogP contribution in [0.4, 0.5) is 0 Å². The first-order chi connectivity index (χ1) is 9.20. The van der Waals surface area contributed by atoms with E-state index in [-0.39, 0.29) is 15.5 Å². The summed E-state index contributed by atoms with van der Waals surface area (Å²) in [5.41, 5.74) is 1.14. The third kappa shape index (κ3) is 2.94. The summed E-state index contributed by atoms with van der Waals surface area (Å²) < 4.78 is 31.1. The van der Waals surface area contributed by atoms with Crippen LogP contribution in [0, 0.1) is 6.92 Å². The van der Waals surface area contributed by atoms with Gasteiger partial charge in [-0.3, -0.25) is 9.56 Å². The summed E-state index contributed by atoms with van der Waals surface area (Å²) in [6.45, 7) is 1.65. The van der Waals surface area contributed by atoms with E-state index >= 15 is 0 Å². The molecule has 0 saturated carbocycles. The van der Waals surface area contributed by atoms with Gasteiger partial charge < -0.3 is 0 Å². The fourth-order valence-corrected chi connectivity index (χ4v) is 2.70. The van der Waals surface area contributed by atoms with E-state index in [1.54, 1.807) is 6.92 Å². The van der Waals surface area contributed by atoms with Gasteiger partial charge in [-0.15, -0.1) is 0 Å². The maximum absolute atomic E-state index is 11.1. The molecule has 0 aromatic heterocycles. The molecule has 1 heterocycles. The van der Waals surface area contributed by atoms with Gasteiger partial charge in [0.1, 0.15) is 0 Å². The van der Waals surface area contributed by atoms with Crippen LogP contribution >= 0.6 is 23.2 Å². The normalized spacial score (nSPS) is 19.6. The number of hydrazine groups is 1. The highest BCUT2D eigenvalue weighted by atomic mass is 35.5. The first-order valence-electron chi connectivity index (χ1n) is 5.29. The fraction of sp³-hybridized carbons (Fsp3) is 0.200. The highest BCUT2D eigenvalue weighted by Crippen LogP contribution is 2.29. The summed E-state index contributed by atoms with van der Waals surface area (Å²) >= 11 is 11.6. The number of halogens is 2. The Balaban J connectivity index is 2.47. The summed E-state index contributed by atoms with van der Waals surface area (Å²) in [6, 6.07) is 4.03. The van der Waals surface area contributed by atoms with Gasteiger partial charge in [0.15, 0.2) is 6.17 Å². The van der Waals surface area contributed by atoms with Crippen molar-refractivity contribution in [1.82, 2.24) is 5.01 Å². The Hall–Kier alpha value is -1.19. The molecule has 1 aliphatic rings. The SMILES string of the molecule is Cc1cc(S(=O)(=O)O)ccc1C1N=C(Cl)N=C(Cl)N1N. The van der Waals surface area contributed by atoms with Crippen LogP contribution in [-0.2, 0) is 10.1 Å². The van der Waals surface area contributed by atoms with Crippen molar-refractivity contribution in [2.75, 3.05) is 0 Å². The van der Waals surface area contributed by atoms with E-state index in [1.165, 1.54) is 18.2 Å². The molecule has 1 atom stereocenters. The molecule has 0 saturated heterocycles. The molecule has 108 valence electrons. The Morgan fingerprint density at radius 2 is 2.05 bits per heavy atom. The Bertz CT molecular complexity index is 717. The van der Waals surface area contributed by atoms with Crippen LogP contribution < -0.4 is 5.84 Å². The van der Waals surface area contributed by atoms with E-state index in [0.717, 1.165) is 5.01 Å². The van der Waals surface area contributed by atoms with Crippen molar-refractivity contribution in [3.63, 3.8) is 0 Å². The molecular weight excluding hydrogens is 327 g/mol. The molecular formula is C10H10Cl2N4O3S. The van der Waals surface area contributed by atoms with Crippen molar-refractivity contribution >= 4 is 43.9 Å². The average molecular weight is 337 g/mol. The van der Waals surface area contributed by atoms with E-state index in [2.05, 4.69) is 9.98 Å². The molecule has 3 N–H and O–H groups in total. The minimum Gasteiger partial charge on any atom is -0.282 e. The van der Waals surface area contributed by atoms with E-state index in [1.807, 2.05) is 0 Å². The maximum Gasteiger partial charge on any atom is 0.294 e. The Kier molecular flexibility index (Phi) is 4.03. The number of rotatable bonds is 2. The van der Waals surface area contributed by atoms with Crippen molar-refractivity contribution < 1.29 is 13.0 Å². The van der Waals surface area contributed by atoms with Gasteiger partial charge in [0.2, 0.25) is 10.6 Å². The highest BCUT2D eigenvalue weighted by molar-refractivity contribution is 7.85. The number of hydrogen-bond donors (Lipinski definition) is 2. The third-order valence-corrected chi connectivity index (χ3v) is 4.02. The Morgan fingerprint density at radius 1 is 1.40 bits per heavy atom. The number of aliphatic imine (C=N–C) groups is 2. The monoisotopic (exact) mass is 336 g/mol. The van der Waals surface area contributed by atoms with Gasteiger partial charge in [0.05, 0.1) is 4.90 Å². The molecule has 1 aliphatic heterocycles. The molecule has 1 unspecified atom stereocenters. The average Bonchev–Trinajstić information content (AvgIpc) is 2.33. The molecule has 0 aliphatic carbocycles. The van der Waals surface area contributed by atoms with Crippen LogP contribution in [0.5, 0.6) is 0 Å². The summed E-state index contributed by atoms with van der Waals surface area (Å²) in [5, 5.41) is 1.01. The molecule has 0 bridgehead atoms. The van der Waals surface area contributed by atoms with Gasteiger partial charge >= 0.3 is 0 Å². The molecule has 1 aromatic carbocycles. The summed E-state index contributed by atoms with van der Waals surface area (Å²) in [5.74, 6) is 5.75. The lowest BCUT2D eigenvalue weighted by atomic mass is 10.1. The largest absolute Gasteiger partial charge is 0.294 e. The van der Waals surface area contributed by atoms with E-state index in [4.69, 9.17) is 33.6 Å². The third-order valence-electron chi connectivity index (χ3n) is 2.71. The molecule has 0 fully saturated rings. The lowest BCUT2D eigenvalue weighted by Gasteiger charge is -2.28. The van der Waals surface area contributed by atoms with Crippen molar-refractivity contribution in [3.8, 4) is 0 Å². The highest BCUT2D eigenvalue weighted by Gasteiger charge is 2.26. The smallest absolute Gasteiger partial charge is 0.282 e. The molecule has 20 heavy (non-hydrogen) atoms. The van der Waals surface area contributed by atoms with Crippen LogP contribution in [0.25, 0.3) is 0 Å². The van der Waals surface area contributed by atoms with Gasteiger partial charge in [-0.1, -0.05) is 6.07 Å². The van der Waals surface area contributed by atoms with Crippen molar-refractivity contribution in [2.24, 2.45) is 15.8 Å².